The number of carbonyl (C=O) groups is 1. The molecule has 0 bridgehead atoms. The molecule has 118 valence electrons. The number of amides is 1. The number of hydrogen-bond acceptors (Lipinski definition) is 6. The molecule has 0 fully saturated rings. The number of carbonyl (C=O) groups excluding carboxylic acids is 1. The molecule has 0 saturated carbocycles. The van der Waals surface area contributed by atoms with E-state index in [2.05, 4.69) is 10.5 Å². The molecule has 2 aromatic rings. The van der Waals surface area contributed by atoms with Gasteiger partial charge in [-0.05, 0) is 18.1 Å². The number of ether oxygens (including phenoxy) is 3. The second-order valence-electron chi connectivity index (χ2n) is 4.30. The van der Waals surface area contributed by atoms with Gasteiger partial charge in [0.25, 0.3) is 11.8 Å². The van der Waals surface area contributed by atoms with Crippen molar-refractivity contribution >= 4 is 23.2 Å². The van der Waals surface area contributed by atoms with E-state index in [9.17, 15) is 4.79 Å². The molecule has 1 amide bonds. The molecule has 1 heterocycles. The van der Waals surface area contributed by atoms with E-state index in [0.717, 1.165) is 0 Å². The minimum absolute atomic E-state index is 0.223. The molecule has 8 heteroatoms. The standard InChI is InChI=1S/C14H15ClN2O5/c1-8-4-14(17-22-8)21-7-13(18)16-10-5-9(15)11(19-2)6-12(10)20-3/h4-6H,7H2,1-3H3,(H,16,18). The molecule has 1 aromatic carbocycles. The second kappa shape index (κ2) is 7.04. The summed E-state index contributed by atoms with van der Waals surface area (Å²) < 4.78 is 20.3. The first kappa shape index (κ1) is 16.0. The van der Waals surface area contributed by atoms with E-state index in [1.165, 1.54) is 20.3 Å². The normalized spacial score (nSPS) is 10.2. The van der Waals surface area contributed by atoms with E-state index in [4.69, 9.17) is 30.3 Å². The Bertz CT molecular complexity index is 671. The molecule has 0 saturated heterocycles. The Kier molecular flexibility index (Phi) is 5.11. The van der Waals surface area contributed by atoms with Gasteiger partial charge in [-0.2, -0.15) is 0 Å². The molecule has 0 aliphatic rings. The van der Waals surface area contributed by atoms with E-state index in [1.807, 2.05) is 0 Å². The van der Waals surface area contributed by atoms with Gasteiger partial charge in [0.2, 0.25) is 0 Å². The first-order chi connectivity index (χ1) is 10.5. The van der Waals surface area contributed by atoms with Crippen LogP contribution in [0.25, 0.3) is 0 Å². The third-order valence-corrected chi connectivity index (χ3v) is 3.00. The van der Waals surface area contributed by atoms with Crippen LogP contribution < -0.4 is 19.5 Å². The first-order valence-electron chi connectivity index (χ1n) is 6.31. The predicted molar refractivity (Wildman–Crippen MR) is 79.9 cm³/mol. The molecule has 2 rings (SSSR count). The molecule has 1 aromatic heterocycles. The SMILES string of the molecule is COc1cc(OC)c(NC(=O)COc2cc(C)on2)cc1Cl. The molecule has 0 radical (unpaired) electrons. The largest absolute Gasteiger partial charge is 0.495 e. The fourth-order valence-electron chi connectivity index (χ4n) is 1.70. The lowest BCUT2D eigenvalue weighted by molar-refractivity contribution is -0.118. The summed E-state index contributed by atoms with van der Waals surface area (Å²) in [6.45, 7) is 1.50. The van der Waals surface area contributed by atoms with Crippen molar-refractivity contribution in [1.29, 1.82) is 0 Å². The third kappa shape index (κ3) is 3.82. The topological polar surface area (TPSA) is 82.8 Å². The summed E-state index contributed by atoms with van der Waals surface area (Å²) in [4.78, 5) is 11.9. The second-order valence-corrected chi connectivity index (χ2v) is 4.71. The van der Waals surface area contributed by atoms with Crippen molar-refractivity contribution in [2.24, 2.45) is 0 Å². The Morgan fingerprint density at radius 3 is 2.59 bits per heavy atom. The minimum atomic E-state index is -0.389. The third-order valence-electron chi connectivity index (χ3n) is 2.71. The van der Waals surface area contributed by atoms with Crippen molar-refractivity contribution in [3.8, 4) is 17.4 Å². The number of anilines is 1. The van der Waals surface area contributed by atoms with Gasteiger partial charge >= 0.3 is 0 Å². The number of aromatic nitrogens is 1. The van der Waals surface area contributed by atoms with Crippen LogP contribution in [0.3, 0.4) is 0 Å². The highest BCUT2D eigenvalue weighted by molar-refractivity contribution is 6.32. The number of methoxy groups -OCH3 is 2. The summed E-state index contributed by atoms with van der Waals surface area (Å²) in [5, 5.41) is 6.62. The fourth-order valence-corrected chi connectivity index (χ4v) is 1.94. The van der Waals surface area contributed by atoms with Gasteiger partial charge in [-0.25, -0.2) is 0 Å². The molecule has 0 spiro atoms. The van der Waals surface area contributed by atoms with Crippen LogP contribution in [0, 0.1) is 6.92 Å². The van der Waals surface area contributed by atoms with E-state index in [1.54, 1.807) is 19.1 Å². The zero-order chi connectivity index (χ0) is 16.1. The average molecular weight is 327 g/mol. The first-order valence-corrected chi connectivity index (χ1v) is 6.68. The summed E-state index contributed by atoms with van der Waals surface area (Å²) in [7, 11) is 2.97. The van der Waals surface area contributed by atoms with Crippen LogP contribution in [-0.2, 0) is 4.79 Å². The molecule has 0 aliphatic carbocycles. The average Bonchev–Trinajstić information content (AvgIpc) is 2.91. The van der Waals surface area contributed by atoms with Gasteiger partial charge in [-0.3, -0.25) is 4.79 Å². The number of benzene rings is 1. The summed E-state index contributed by atoms with van der Waals surface area (Å²) in [6, 6.07) is 4.70. The highest BCUT2D eigenvalue weighted by atomic mass is 35.5. The van der Waals surface area contributed by atoms with E-state index in [-0.39, 0.29) is 18.4 Å². The fraction of sp³-hybridized carbons (Fsp3) is 0.286. The number of aryl methyl sites for hydroxylation is 1. The van der Waals surface area contributed by atoms with Crippen molar-refractivity contribution in [2.75, 3.05) is 26.1 Å². The van der Waals surface area contributed by atoms with Gasteiger partial charge in [0.15, 0.2) is 6.61 Å². The lowest BCUT2D eigenvalue weighted by Gasteiger charge is -2.13. The summed E-state index contributed by atoms with van der Waals surface area (Å²) in [6.07, 6.45) is 0. The zero-order valence-corrected chi connectivity index (χ0v) is 13.1. The van der Waals surface area contributed by atoms with Crippen LogP contribution in [0.4, 0.5) is 5.69 Å². The van der Waals surface area contributed by atoms with Gasteiger partial charge in [0, 0.05) is 12.1 Å². The summed E-state index contributed by atoms with van der Waals surface area (Å²) >= 11 is 6.03. The number of nitrogens with zero attached hydrogens (tertiary/aromatic N) is 1. The maximum atomic E-state index is 11.9. The Hall–Kier alpha value is -2.41. The van der Waals surface area contributed by atoms with Crippen molar-refractivity contribution in [2.45, 2.75) is 6.92 Å². The quantitative estimate of drug-likeness (QED) is 0.878. The van der Waals surface area contributed by atoms with Crippen molar-refractivity contribution in [1.82, 2.24) is 5.16 Å². The highest BCUT2D eigenvalue weighted by Gasteiger charge is 2.13. The minimum Gasteiger partial charge on any atom is -0.495 e. The van der Waals surface area contributed by atoms with Crippen LogP contribution in [0.5, 0.6) is 17.4 Å². The van der Waals surface area contributed by atoms with E-state index >= 15 is 0 Å². The van der Waals surface area contributed by atoms with Crippen LogP contribution in [0.2, 0.25) is 5.02 Å². The molecule has 0 aliphatic heterocycles. The summed E-state index contributed by atoms with van der Waals surface area (Å²) in [5.74, 6) is 1.32. The molecule has 0 atom stereocenters. The maximum absolute atomic E-state index is 11.9. The summed E-state index contributed by atoms with van der Waals surface area (Å²) in [5.41, 5.74) is 0.415. The Balaban J connectivity index is 2.03. The van der Waals surface area contributed by atoms with E-state index in [0.29, 0.717) is 28.0 Å². The Morgan fingerprint density at radius 1 is 1.27 bits per heavy atom. The number of nitrogens with one attached hydrogen (secondary N) is 1. The lowest BCUT2D eigenvalue weighted by atomic mass is 10.2. The molecule has 1 N–H and O–H groups in total. The van der Waals surface area contributed by atoms with Gasteiger partial charge in [0.1, 0.15) is 17.3 Å². The van der Waals surface area contributed by atoms with Crippen LogP contribution in [-0.4, -0.2) is 31.9 Å². The van der Waals surface area contributed by atoms with Crippen molar-refractivity contribution in [3.63, 3.8) is 0 Å². The highest BCUT2D eigenvalue weighted by Crippen LogP contribution is 2.35. The zero-order valence-electron chi connectivity index (χ0n) is 12.3. The lowest BCUT2D eigenvalue weighted by Crippen LogP contribution is -2.20. The number of rotatable bonds is 6. The van der Waals surface area contributed by atoms with Gasteiger partial charge in [-0.1, -0.05) is 11.6 Å². The number of hydrogen-bond donors (Lipinski definition) is 1. The van der Waals surface area contributed by atoms with Crippen LogP contribution in [0.1, 0.15) is 5.76 Å². The molecular formula is C14H15ClN2O5. The number of halogens is 1. The molecule has 0 unspecified atom stereocenters. The smallest absolute Gasteiger partial charge is 0.262 e. The molecular weight excluding hydrogens is 312 g/mol. The van der Waals surface area contributed by atoms with Gasteiger partial charge in [-0.15, -0.1) is 0 Å². The Morgan fingerprint density at radius 2 is 2.00 bits per heavy atom. The van der Waals surface area contributed by atoms with Crippen LogP contribution >= 0.6 is 11.6 Å². The Labute approximate surface area is 132 Å². The van der Waals surface area contributed by atoms with E-state index < -0.39 is 0 Å². The van der Waals surface area contributed by atoms with Crippen molar-refractivity contribution in [3.05, 3.63) is 29.0 Å². The molecule has 7 nitrogen and oxygen atoms in total. The van der Waals surface area contributed by atoms with Gasteiger partial charge in [0.05, 0.1) is 24.9 Å². The predicted octanol–water partition coefficient (Wildman–Crippen LogP) is 2.67. The van der Waals surface area contributed by atoms with Crippen molar-refractivity contribution < 1.29 is 23.5 Å². The van der Waals surface area contributed by atoms with Gasteiger partial charge < -0.3 is 24.1 Å². The molecule has 22 heavy (non-hydrogen) atoms. The monoisotopic (exact) mass is 326 g/mol. The maximum Gasteiger partial charge on any atom is 0.262 e. The van der Waals surface area contributed by atoms with Crippen LogP contribution in [0.15, 0.2) is 22.7 Å².